The maximum atomic E-state index is 12.1. The second kappa shape index (κ2) is 8.01. The van der Waals surface area contributed by atoms with Gasteiger partial charge in [0.2, 0.25) is 5.91 Å². The number of hydrazone groups is 1. The van der Waals surface area contributed by atoms with E-state index in [2.05, 4.69) is 20.8 Å². The number of carbonyl (C=O) groups is 2. The largest absolute Gasteiger partial charge is 0.326 e. The van der Waals surface area contributed by atoms with Crippen LogP contribution < -0.4 is 10.7 Å². The van der Waals surface area contributed by atoms with Crippen molar-refractivity contribution in [2.45, 2.75) is 27.2 Å². The smallest absolute Gasteiger partial charge is 0.272 e. The minimum Gasteiger partial charge on any atom is -0.326 e. The summed E-state index contributed by atoms with van der Waals surface area (Å²) in [5.41, 5.74) is 6.27. The first-order chi connectivity index (χ1) is 11.5. The van der Waals surface area contributed by atoms with Crippen LogP contribution in [0.15, 0.2) is 47.8 Å². The van der Waals surface area contributed by atoms with Crippen LogP contribution in [0.1, 0.15) is 34.8 Å². The highest BCUT2D eigenvalue weighted by Gasteiger charge is 2.08. The molecule has 1 aromatic carbocycles. The highest BCUT2D eigenvalue weighted by molar-refractivity contribution is 6.06. The minimum atomic E-state index is -0.364. The summed E-state index contributed by atoms with van der Waals surface area (Å²) in [5, 5.41) is 6.81. The standard InChI is InChI=1S/C18H20N4O2/c1-12-6-4-8-16(14(12)3)20-17(23)10-13(2)21-22-18(24)15-7-5-9-19-11-15/h4-9,11H,10H2,1-3H3,(H,20,23)(H,22,24)/b21-13-. The first kappa shape index (κ1) is 17.3. The molecular weight excluding hydrogens is 304 g/mol. The van der Waals surface area contributed by atoms with Crippen LogP contribution in [-0.2, 0) is 4.79 Å². The topological polar surface area (TPSA) is 83.5 Å². The molecule has 6 heteroatoms. The molecular formula is C18H20N4O2. The molecule has 2 amide bonds. The van der Waals surface area contributed by atoms with Crippen molar-refractivity contribution in [2.75, 3.05) is 5.32 Å². The zero-order chi connectivity index (χ0) is 17.5. The molecule has 0 bridgehead atoms. The number of aryl methyl sites for hydroxylation is 1. The van der Waals surface area contributed by atoms with Crippen molar-refractivity contribution in [3.8, 4) is 0 Å². The van der Waals surface area contributed by atoms with Crippen molar-refractivity contribution in [3.05, 3.63) is 59.4 Å². The molecule has 2 N–H and O–H groups in total. The molecule has 0 saturated carbocycles. The van der Waals surface area contributed by atoms with Gasteiger partial charge in [-0.05, 0) is 50.1 Å². The van der Waals surface area contributed by atoms with Gasteiger partial charge in [-0.25, -0.2) is 5.43 Å². The molecule has 0 aliphatic heterocycles. The van der Waals surface area contributed by atoms with E-state index < -0.39 is 0 Å². The predicted molar refractivity (Wildman–Crippen MR) is 94.0 cm³/mol. The molecule has 2 aromatic rings. The number of rotatable bonds is 5. The number of amides is 2. The lowest BCUT2D eigenvalue weighted by Crippen LogP contribution is -2.21. The van der Waals surface area contributed by atoms with Gasteiger partial charge in [0.15, 0.2) is 0 Å². The second-order valence-corrected chi connectivity index (χ2v) is 5.50. The van der Waals surface area contributed by atoms with E-state index in [1.54, 1.807) is 25.3 Å². The number of hydrogen-bond acceptors (Lipinski definition) is 4. The molecule has 1 heterocycles. The fraction of sp³-hybridized carbons (Fsp3) is 0.222. The van der Waals surface area contributed by atoms with Crippen molar-refractivity contribution >= 4 is 23.2 Å². The number of hydrogen-bond donors (Lipinski definition) is 2. The summed E-state index contributed by atoms with van der Waals surface area (Å²) in [6.07, 6.45) is 3.14. The van der Waals surface area contributed by atoms with Crippen molar-refractivity contribution < 1.29 is 9.59 Å². The average Bonchev–Trinajstić information content (AvgIpc) is 2.57. The molecule has 6 nitrogen and oxygen atoms in total. The zero-order valence-electron chi connectivity index (χ0n) is 14.0. The Morgan fingerprint density at radius 1 is 1.17 bits per heavy atom. The van der Waals surface area contributed by atoms with Crippen LogP contribution in [0.3, 0.4) is 0 Å². The molecule has 0 unspecified atom stereocenters. The molecule has 2 rings (SSSR count). The molecule has 0 saturated heterocycles. The maximum Gasteiger partial charge on any atom is 0.272 e. The third-order valence-corrected chi connectivity index (χ3v) is 3.57. The second-order valence-electron chi connectivity index (χ2n) is 5.50. The molecule has 24 heavy (non-hydrogen) atoms. The van der Waals surface area contributed by atoms with Crippen molar-refractivity contribution in [3.63, 3.8) is 0 Å². The van der Waals surface area contributed by atoms with E-state index in [1.807, 2.05) is 32.0 Å². The van der Waals surface area contributed by atoms with Gasteiger partial charge in [-0.15, -0.1) is 0 Å². The average molecular weight is 324 g/mol. The first-order valence-electron chi connectivity index (χ1n) is 7.57. The van der Waals surface area contributed by atoms with Crippen molar-refractivity contribution in [2.24, 2.45) is 5.10 Å². The number of nitrogens with zero attached hydrogens (tertiary/aromatic N) is 2. The lowest BCUT2D eigenvalue weighted by atomic mass is 10.1. The van der Waals surface area contributed by atoms with Gasteiger partial charge < -0.3 is 5.32 Å². The van der Waals surface area contributed by atoms with E-state index in [0.29, 0.717) is 11.3 Å². The van der Waals surface area contributed by atoms with Gasteiger partial charge in [-0.2, -0.15) is 5.10 Å². The van der Waals surface area contributed by atoms with Crippen LogP contribution in [0.4, 0.5) is 5.69 Å². The van der Waals surface area contributed by atoms with Gasteiger partial charge in [0.1, 0.15) is 0 Å². The molecule has 0 fully saturated rings. The number of benzene rings is 1. The highest BCUT2D eigenvalue weighted by Crippen LogP contribution is 2.18. The quantitative estimate of drug-likeness (QED) is 0.655. The Kier molecular flexibility index (Phi) is 5.78. The fourth-order valence-corrected chi connectivity index (χ4v) is 2.06. The SMILES string of the molecule is C/C(CC(=O)Nc1cccc(C)c1C)=N/NC(=O)c1cccnc1. The van der Waals surface area contributed by atoms with Crippen LogP contribution in [0.2, 0.25) is 0 Å². The van der Waals surface area contributed by atoms with E-state index in [4.69, 9.17) is 0 Å². The summed E-state index contributed by atoms with van der Waals surface area (Å²) in [4.78, 5) is 27.8. The molecule has 0 aliphatic rings. The van der Waals surface area contributed by atoms with Gasteiger partial charge in [-0.1, -0.05) is 12.1 Å². The Balaban J connectivity index is 1.91. The summed E-state index contributed by atoms with van der Waals surface area (Å²) in [5.74, 6) is -0.544. The molecule has 0 atom stereocenters. The molecule has 0 radical (unpaired) electrons. The number of aromatic nitrogens is 1. The monoisotopic (exact) mass is 324 g/mol. The fourth-order valence-electron chi connectivity index (χ4n) is 2.06. The van der Waals surface area contributed by atoms with Gasteiger partial charge in [0.25, 0.3) is 5.91 Å². The lowest BCUT2D eigenvalue weighted by molar-refractivity contribution is -0.115. The van der Waals surface area contributed by atoms with Crippen LogP contribution >= 0.6 is 0 Å². The number of pyridine rings is 1. The third kappa shape index (κ3) is 4.74. The number of anilines is 1. The Hall–Kier alpha value is -3.02. The summed E-state index contributed by atoms with van der Waals surface area (Å²) in [6, 6.07) is 9.05. The highest BCUT2D eigenvalue weighted by atomic mass is 16.2. The van der Waals surface area contributed by atoms with Crippen LogP contribution in [0.5, 0.6) is 0 Å². The Morgan fingerprint density at radius 2 is 1.96 bits per heavy atom. The molecule has 0 spiro atoms. The van der Waals surface area contributed by atoms with Gasteiger partial charge >= 0.3 is 0 Å². The minimum absolute atomic E-state index is 0.0979. The summed E-state index contributed by atoms with van der Waals surface area (Å²) >= 11 is 0. The van der Waals surface area contributed by atoms with Gasteiger partial charge in [0.05, 0.1) is 12.0 Å². The van der Waals surface area contributed by atoms with Crippen molar-refractivity contribution in [1.29, 1.82) is 0 Å². The lowest BCUT2D eigenvalue weighted by Gasteiger charge is -2.10. The summed E-state index contributed by atoms with van der Waals surface area (Å²) in [7, 11) is 0. The van der Waals surface area contributed by atoms with E-state index in [1.165, 1.54) is 6.20 Å². The number of nitrogens with one attached hydrogen (secondary N) is 2. The Morgan fingerprint density at radius 3 is 2.67 bits per heavy atom. The summed E-state index contributed by atoms with van der Waals surface area (Å²) in [6.45, 7) is 5.64. The van der Waals surface area contributed by atoms with Gasteiger partial charge in [-0.3, -0.25) is 14.6 Å². The normalized spacial score (nSPS) is 11.0. The van der Waals surface area contributed by atoms with Crippen LogP contribution in [-0.4, -0.2) is 22.5 Å². The van der Waals surface area contributed by atoms with Crippen LogP contribution in [0.25, 0.3) is 0 Å². The first-order valence-corrected chi connectivity index (χ1v) is 7.57. The van der Waals surface area contributed by atoms with Gasteiger partial charge in [0, 0.05) is 23.8 Å². The van der Waals surface area contributed by atoms with E-state index in [-0.39, 0.29) is 18.2 Å². The molecule has 1 aromatic heterocycles. The molecule has 124 valence electrons. The number of carbonyl (C=O) groups excluding carboxylic acids is 2. The Bertz CT molecular complexity index is 770. The molecule has 0 aliphatic carbocycles. The van der Waals surface area contributed by atoms with Crippen LogP contribution in [0, 0.1) is 13.8 Å². The van der Waals surface area contributed by atoms with E-state index >= 15 is 0 Å². The Labute approximate surface area is 141 Å². The van der Waals surface area contributed by atoms with Crippen molar-refractivity contribution in [1.82, 2.24) is 10.4 Å². The summed E-state index contributed by atoms with van der Waals surface area (Å²) < 4.78 is 0. The maximum absolute atomic E-state index is 12.1. The zero-order valence-corrected chi connectivity index (χ0v) is 14.0. The van der Waals surface area contributed by atoms with E-state index in [9.17, 15) is 9.59 Å². The third-order valence-electron chi connectivity index (χ3n) is 3.57. The predicted octanol–water partition coefficient (Wildman–Crippen LogP) is 2.83. The van der Waals surface area contributed by atoms with E-state index in [0.717, 1.165) is 16.8 Å².